The lowest BCUT2D eigenvalue weighted by Gasteiger charge is -2.14. The Morgan fingerprint density at radius 3 is 2.83 bits per heavy atom. The molecule has 2 N–H and O–H groups in total. The number of hydrogen-bond donors (Lipinski definition) is 1. The van der Waals surface area contributed by atoms with E-state index in [0.717, 1.165) is 11.4 Å². The maximum absolute atomic E-state index is 6.23. The monoisotopic (exact) mass is 262 g/mol. The van der Waals surface area contributed by atoms with Crippen LogP contribution in [0.2, 0.25) is 5.02 Å². The van der Waals surface area contributed by atoms with E-state index in [9.17, 15) is 0 Å². The van der Waals surface area contributed by atoms with Gasteiger partial charge in [0, 0.05) is 17.3 Å². The molecule has 1 aromatic carbocycles. The lowest BCUT2D eigenvalue weighted by molar-refractivity contribution is 0.522. The third-order valence-electron chi connectivity index (χ3n) is 3.52. The molecular weight excluding hydrogens is 248 g/mol. The van der Waals surface area contributed by atoms with Gasteiger partial charge in [0.15, 0.2) is 5.82 Å². The number of nitrogens with zero attached hydrogens (tertiary/aromatic N) is 3. The van der Waals surface area contributed by atoms with Crippen molar-refractivity contribution < 1.29 is 0 Å². The summed E-state index contributed by atoms with van der Waals surface area (Å²) in [6, 6.07) is 5.95. The number of anilines is 1. The highest BCUT2D eigenvalue weighted by molar-refractivity contribution is 6.33. The second kappa shape index (κ2) is 4.61. The fraction of sp³-hybridized carbons (Fsp3) is 0.385. The number of halogens is 1. The van der Waals surface area contributed by atoms with Gasteiger partial charge in [-0.2, -0.15) is 0 Å². The molecule has 0 unspecified atom stereocenters. The van der Waals surface area contributed by atoms with Crippen LogP contribution in [0.4, 0.5) is 5.69 Å². The van der Waals surface area contributed by atoms with E-state index in [0.29, 0.717) is 16.8 Å². The van der Waals surface area contributed by atoms with E-state index < -0.39 is 0 Å². The summed E-state index contributed by atoms with van der Waals surface area (Å²) in [5.74, 6) is 0.819. The van der Waals surface area contributed by atoms with Crippen LogP contribution in [-0.4, -0.2) is 14.8 Å². The van der Waals surface area contributed by atoms with Gasteiger partial charge in [0.2, 0.25) is 0 Å². The molecule has 5 heteroatoms. The van der Waals surface area contributed by atoms with Gasteiger partial charge in [-0.05, 0) is 31.0 Å². The SMILES string of the molecule is Nc1ccc(Cl)c(-c2nncn2C2CCCC2)c1. The minimum absolute atomic E-state index is 0.493. The molecule has 0 atom stereocenters. The van der Waals surface area contributed by atoms with Crippen LogP contribution >= 0.6 is 11.6 Å². The van der Waals surface area contributed by atoms with E-state index in [2.05, 4.69) is 14.8 Å². The molecule has 0 bridgehead atoms. The predicted molar refractivity (Wildman–Crippen MR) is 72.4 cm³/mol. The number of hydrogen-bond acceptors (Lipinski definition) is 3. The van der Waals surface area contributed by atoms with E-state index in [-0.39, 0.29) is 0 Å². The zero-order valence-corrected chi connectivity index (χ0v) is 10.8. The van der Waals surface area contributed by atoms with Gasteiger partial charge in [-0.15, -0.1) is 10.2 Å². The Bertz CT molecular complexity index is 558. The van der Waals surface area contributed by atoms with Crippen molar-refractivity contribution in [3.8, 4) is 11.4 Å². The highest BCUT2D eigenvalue weighted by Crippen LogP contribution is 2.35. The minimum Gasteiger partial charge on any atom is -0.399 e. The zero-order chi connectivity index (χ0) is 12.5. The number of aromatic nitrogens is 3. The first-order valence-corrected chi connectivity index (χ1v) is 6.58. The van der Waals surface area contributed by atoms with Crippen molar-refractivity contribution in [3.63, 3.8) is 0 Å². The quantitative estimate of drug-likeness (QED) is 0.845. The molecule has 1 fully saturated rings. The molecule has 0 aliphatic heterocycles. The molecule has 94 valence electrons. The molecule has 0 radical (unpaired) electrons. The van der Waals surface area contributed by atoms with Crippen molar-refractivity contribution in [2.45, 2.75) is 31.7 Å². The molecule has 0 spiro atoms. The summed E-state index contributed by atoms with van der Waals surface area (Å²) < 4.78 is 2.13. The molecular formula is C13H15ClN4. The smallest absolute Gasteiger partial charge is 0.165 e. The van der Waals surface area contributed by atoms with Gasteiger partial charge in [0.1, 0.15) is 6.33 Å². The topological polar surface area (TPSA) is 56.7 Å². The number of rotatable bonds is 2. The van der Waals surface area contributed by atoms with Crippen molar-refractivity contribution in [3.05, 3.63) is 29.5 Å². The first-order chi connectivity index (χ1) is 8.75. The van der Waals surface area contributed by atoms with E-state index in [4.69, 9.17) is 17.3 Å². The molecule has 2 aromatic rings. The maximum atomic E-state index is 6.23. The Hall–Kier alpha value is -1.55. The summed E-state index contributed by atoms with van der Waals surface area (Å²) in [7, 11) is 0. The number of nitrogens with two attached hydrogens (primary N) is 1. The predicted octanol–water partition coefficient (Wildman–Crippen LogP) is 3.30. The van der Waals surface area contributed by atoms with Gasteiger partial charge < -0.3 is 10.3 Å². The normalized spacial score (nSPS) is 16.3. The van der Waals surface area contributed by atoms with Crippen LogP contribution in [0.15, 0.2) is 24.5 Å². The van der Waals surface area contributed by atoms with Crippen molar-refractivity contribution >= 4 is 17.3 Å². The second-order valence-corrected chi connectivity index (χ2v) is 5.15. The van der Waals surface area contributed by atoms with Crippen LogP contribution in [0, 0.1) is 0 Å². The van der Waals surface area contributed by atoms with Crippen LogP contribution in [0.1, 0.15) is 31.7 Å². The number of benzene rings is 1. The van der Waals surface area contributed by atoms with Gasteiger partial charge >= 0.3 is 0 Å². The zero-order valence-electron chi connectivity index (χ0n) is 10.0. The van der Waals surface area contributed by atoms with Crippen LogP contribution in [-0.2, 0) is 0 Å². The average Bonchev–Trinajstić information content (AvgIpc) is 3.00. The molecule has 4 nitrogen and oxygen atoms in total. The highest BCUT2D eigenvalue weighted by Gasteiger charge is 2.21. The molecule has 1 aliphatic carbocycles. The Morgan fingerprint density at radius 1 is 1.28 bits per heavy atom. The molecule has 18 heavy (non-hydrogen) atoms. The summed E-state index contributed by atoms with van der Waals surface area (Å²) in [4.78, 5) is 0. The van der Waals surface area contributed by atoms with Crippen molar-refractivity contribution in [1.29, 1.82) is 0 Å². The van der Waals surface area contributed by atoms with Crippen molar-refractivity contribution in [2.75, 3.05) is 5.73 Å². The van der Waals surface area contributed by atoms with E-state index in [1.807, 2.05) is 6.07 Å². The summed E-state index contributed by atoms with van der Waals surface area (Å²) in [5.41, 5.74) is 7.37. The third-order valence-corrected chi connectivity index (χ3v) is 3.85. The lowest BCUT2D eigenvalue weighted by atomic mass is 10.1. The van der Waals surface area contributed by atoms with Gasteiger partial charge in [-0.3, -0.25) is 0 Å². The van der Waals surface area contributed by atoms with Gasteiger partial charge in [0.25, 0.3) is 0 Å². The van der Waals surface area contributed by atoms with Crippen LogP contribution in [0.25, 0.3) is 11.4 Å². The van der Waals surface area contributed by atoms with Crippen molar-refractivity contribution in [1.82, 2.24) is 14.8 Å². The summed E-state index contributed by atoms with van der Waals surface area (Å²) in [5, 5.41) is 8.90. The Kier molecular flexibility index (Phi) is 2.96. The lowest BCUT2D eigenvalue weighted by Crippen LogP contribution is -2.05. The molecule has 0 amide bonds. The van der Waals surface area contributed by atoms with E-state index >= 15 is 0 Å². The fourth-order valence-electron chi connectivity index (χ4n) is 2.60. The Morgan fingerprint density at radius 2 is 2.06 bits per heavy atom. The van der Waals surface area contributed by atoms with Gasteiger partial charge in [-0.1, -0.05) is 24.4 Å². The standard InChI is InChI=1S/C13H15ClN4/c14-12-6-5-9(15)7-11(12)13-17-16-8-18(13)10-3-1-2-4-10/h5-8,10H,1-4,15H2. The largest absolute Gasteiger partial charge is 0.399 e. The molecule has 1 aliphatic rings. The molecule has 3 rings (SSSR count). The first kappa shape index (κ1) is 11.5. The molecule has 0 saturated heterocycles. The summed E-state index contributed by atoms with van der Waals surface area (Å²) in [6.45, 7) is 0. The average molecular weight is 263 g/mol. The molecule has 1 aromatic heterocycles. The van der Waals surface area contributed by atoms with Crippen molar-refractivity contribution in [2.24, 2.45) is 0 Å². The van der Waals surface area contributed by atoms with E-state index in [1.54, 1.807) is 18.5 Å². The summed E-state index contributed by atoms with van der Waals surface area (Å²) >= 11 is 6.23. The molecule has 1 saturated carbocycles. The maximum Gasteiger partial charge on any atom is 0.165 e. The Labute approximate surface area is 111 Å². The number of nitrogen functional groups attached to an aromatic ring is 1. The van der Waals surface area contributed by atoms with Gasteiger partial charge in [-0.25, -0.2) is 0 Å². The van der Waals surface area contributed by atoms with Crippen LogP contribution in [0.5, 0.6) is 0 Å². The van der Waals surface area contributed by atoms with Gasteiger partial charge in [0.05, 0.1) is 5.02 Å². The van der Waals surface area contributed by atoms with E-state index in [1.165, 1.54) is 25.7 Å². The molecule has 1 heterocycles. The van der Waals surface area contributed by atoms with Crippen LogP contribution < -0.4 is 5.73 Å². The Balaban J connectivity index is 2.06. The fourth-order valence-corrected chi connectivity index (χ4v) is 2.80. The first-order valence-electron chi connectivity index (χ1n) is 6.20. The third kappa shape index (κ3) is 1.97. The second-order valence-electron chi connectivity index (χ2n) is 4.74. The van der Waals surface area contributed by atoms with Crippen LogP contribution in [0.3, 0.4) is 0 Å². The highest BCUT2D eigenvalue weighted by atomic mass is 35.5. The summed E-state index contributed by atoms with van der Waals surface area (Å²) in [6.07, 6.45) is 6.71. The minimum atomic E-state index is 0.493.